The van der Waals surface area contributed by atoms with Crippen molar-refractivity contribution < 1.29 is 8.42 Å². The highest BCUT2D eigenvalue weighted by atomic mass is 79.9. The molecule has 1 aliphatic rings. The number of sulfonamides is 1. The number of benzene rings is 1. The first-order chi connectivity index (χ1) is 8.45. The molecule has 0 amide bonds. The summed E-state index contributed by atoms with van der Waals surface area (Å²) in [5.41, 5.74) is 0.896. The second-order valence-electron chi connectivity index (χ2n) is 4.63. The number of nitrogens with zero attached hydrogens (tertiary/aromatic N) is 1. The molecule has 1 aliphatic carbocycles. The third kappa shape index (κ3) is 3.07. The van der Waals surface area contributed by atoms with Gasteiger partial charge in [0.05, 0.1) is 4.90 Å². The number of hydrogen-bond donors (Lipinski definition) is 0. The largest absolute Gasteiger partial charge is 0.243 e. The molecule has 0 saturated heterocycles. The minimum atomic E-state index is -3.41. The maximum atomic E-state index is 12.4. The second-order valence-corrected chi connectivity index (χ2v) is 7.76. The Balaban J connectivity index is 2.28. The van der Waals surface area contributed by atoms with Crippen molar-refractivity contribution in [3.8, 4) is 0 Å². The summed E-state index contributed by atoms with van der Waals surface area (Å²) in [5, 5.41) is 0. The van der Waals surface area contributed by atoms with Crippen LogP contribution >= 0.6 is 27.5 Å². The number of rotatable bonds is 5. The highest BCUT2D eigenvalue weighted by Gasteiger charge is 2.30. The molecule has 0 aromatic heterocycles. The van der Waals surface area contributed by atoms with Crippen molar-refractivity contribution in [2.45, 2.75) is 23.6 Å². The molecule has 0 spiro atoms. The van der Waals surface area contributed by atoms with Gasteiger partial charge in [-0.25, -0.2) is 12.7 Å². The standard InChI is InChI=1S/C12H15BrClNO2S/c1-15(8-9-2-3-9)18(16,17)12-5-4-10(7-14)6-11(12)13/h4-6,9H,2-3,7-8H2,1H3. The molecular formula is C12H15BrClNO2S. The van der Waals surface area contributed by atoms with Crippen LogP contribution in [0.5, 0.6) is 0 Å². The lowest BCUT2D eigenvalue weighted by Crippen LogP contribution is -2.29. The first kappa shape index (κ1) is 14.3. The van der Waals surface area contributed by atoms with Gasteiger partial charge in [0.25, 0.3) is 0 Å². The fourth-order valence-corrected chi connectivity index (χ4v) is 4.26. The van der Waals surface area contributed by atoms with Gasteiger partial charge in [0, 0.05) is 23.9 Å². The molecule has 1 aromatic carbocycles. The van der Waals surface area contributed by atoms with Crippen molar-refractivity contribution in [3.05, 3.63) is 28.2 Å². The topological polar surface area (TPSA) is 37.4 Å². The van der Waals surface area contributed by atoms with Gasteiger partial charge in [-0.3, -0.25) is 0 Å². The summed E-state index contributed by atoms with van der Waals surface area (Å²) < 4.78 is 26.8. The van der Waals surface area contributed by atoms with Gasteiger partial charge in [-0.15, -0.1) is 11.6 Å². The smallest absolute Gasteiger partial charge is 0.207 e. The van der Waals surface area contributed by atoms with Gasteiger partial charge in [0.15, 0.2) is 0 Å². The molecule has 1 fully saturated rings. The lowest BCUT2D eigenvalue weighted by atomic mass is 10.2. The van der Waals surface area contributed by atoms with Crippen LogP contribution in [0.15, 0.2) is 27.6 Å². The van der Waals surface area contributed by atoms with Gasteiger partial charge in [0.2, 0.25) is 10.0 Å². The summed E-state index contributed by atoms with van der Waals surface area (Å²) in [6.45, 7) is 0.603. The molecule has 0 unspecified atom stereocenters. The Morgan fingerprint density at radius 3 is 2.61 bits per heavy atom. The van der Waals surface area contributed by atoms with E-state index in [0.717, 1.165) is 18.4 Å². The minimum absolute atomic E-state index is 0.305. The SMILES string of the molecule is CN(CC1CC1)S(=O)(=O)c1ccc(CCl)cc1Br. The van der Waals surface area contributed by atoms with Crippen LogP contribution in [0.2, 0.25) is 0 Å². The van der Waals surface area contributed by atoms with E-state index in [1.807, 2.05) is 0 Å². The quantitative estimate of drug-likeness (QED) is 0.763. The third-order valence-corrected chi connectivity index (χ3v) is 6.16. The number of halogens is 2. The maximum Gasteiger partial charge on any atom is 0.243 e. The van der Waals surface area contributed by atoms with Crippen molar-refractivity contribution >= 4 is 37.6 Å². The Hall–Kier alpha value is -0.100. The molecule has 0 radical (unpaired) electrons. The van der Waals surface area contributed by atoms with Gasteiger partial charge in [-0.1, -0.05) is 6.07 Å². The molecule has 0 N–H and O–H groups in total. The van der Waals surface area contributed by atoms with Crippen molar-refractivity contribution in [1.82, 2.24) is 4.31 Å². The molecule has 1 aromatic rings. The Morgan fingerprint density at radius 1 is 1.44 bits per heavy atom. The zero-order valence-electron chi connectivity index (χ0n) is 10.1. The normalized spacial score (nSPS) is 16.2. The Morgan fingerprint density at radius 2 is 2.11 bits per heavy atom. The van der Waals surface area contributed by atoms with Gasteiger partial charge in [0.1, 0.15) is 0 Å². The second kappa shape index (κ2) is 5.49. The molecule has 2 rings (SSSR count). The molecule has 0 bridgehead atoms. The predicted molar refractivity (Wildman–Crippen MR) is 76.2 cm³/mol. The molecule has 18 heavy (non-hydrogen) atoms. The summed E-state index contributed by atoms with van der Waals surface area (Å²) >= 11 is 9.03. The average molecular weight is 353 g/mol. The highest BCUT2D eigenvalue weighted by molar-refractivity contribution is 9.10. The van der Waals surface area contributed by atoms with Crippen LogP contribution < -0.4 is 0 Å². The van der Waals surface area contributed by atoms with Crippen molar-refractivity contribution in [1.29, 1.82) is 0 Å². The molecule has 0 atom stereocenters. The minimum Gasteiger partial charge on any atom is -0.207 e. The van der Waals surface area contributed by atoms with E-state index in [1.54, 1.807) is 25.2 Å². The lowest BCUT2D eigenvalue weighted by Gasteiger charge is -2.18. The fraction of sp³-hybridized carbons (Fsp3) is 0.500. The van der Waals surface area contributed by atoms with E-state index in [4.69, 9.17) is 11.6 Å². The van der Waals surface area contributed by atoms with Crippen molar-refractivity contribution in [3.63, 3.8) is 0 Å². The summed E-state index contributed by atoms with van der Waals surface area (Å²) in [5.74, 6) is 0.905. The zero-order chi connectivity index (χ0) is 13.3. The van der Waals surface area contributed by atoms with E-state index in [2.05, 4.69) is 15.9 Å². The van der Waals surface area contributed by atoms with Crippen LogP contribution in [0.25, 0.3) is 0 Å². The number of alkyl halides is 1. The third-order valence-electron chi connectivity index (χ3n) is 3.05. The van der Waals surface area contributed by atoms with Crippen LogP contribution in [0, 0.1) is 5.92 Å². The van der Waals surface area contributed by atoms with Crippen LogP contribution in [-0.4, -0.2) is 26.3 Å². The van der Waals surface area contributed by atoms with Gasteiger partial charge in [-0.2, -0.15) is 0 Å². The van der Waals surface area contributed by atoms with E-state index in [-0.39, 0.29) is 0 Å². The zero-order valence-corrected chi connectivity index (χ0v) is 13.2. The fourth-order valence-electron chi connectivity index (χ4n) is 1.77. The van der Waals surface area contributed by atoms with E-state index in [1.165, 1.54) is 4.31 Å². The summed E-state index contributed by atoms with van der Waals surface area (Å²) in [6, 6.07) is 5.11. The van der Waals surface area contributed by atoms with E-state index in [0.29, 0.717) is 27.7 Å². The van der Waals surface area contributed by atoms with Crippen LogP contribution in [0.3, 0.4) is 0 Å². The van der Waals surface area contributed by atoms with Gasteiger partial charge < -0.3 is 0 Å². The van der Waals surface area contributed by atoms with Crippen LogP contribution in [0.1, 0.15) is 18.4 Å². The van der Waals surface area contributed by atoms with Crippen LogP contribution in [0.4, 0.5) is 0 Å². The molecule has 6 heteroatoms. The van der Waals surface area contributed by atoms with E-state index in [9.17, 15) is 8.42 Å². The maximum absolute atomic E-state index is 12.4. The van der Waals surface area contributed by atoms with Crippen molar-refractivity contribution in [2.24, 2.45) is 5.92 Å². The monoisotopic (exact) mass is 351 g/mol. The van der Waals surface area contributed by atoms with Gasteiger partial charge >= 0.3 is 0 Å². The summed E-state index contributed by atoms with van der Waals surface area (Å²) in [7, 11) is -1.77. The molecule has 0 aliphatic heterocycles. The van der Waals surface area contributed by atoms with Crippen LogP contribution in [-0.2, 0) is 15.9 Å². The predicted octanol–water partition coefficient (Wildman–Crippen LogP) is 3.22. The lowest BCUT2D eigenvalue weighted by molar-refractivity contribution is 0.452. The first-order valence-electron chi connectivity index (χ1n) is 5.76. The highest BCUT2D eigenvalue weighted by Crippen LogP contribution is 2.32. The summed E-state index contributed by atoms with van der Waals surface area (Å²) in [4.78, 5) is 0.305. The Kier molecular flexibility index (Phi) is 4.36. The Bertz CT molecular complexity index is 543. The Labute approximate surface area is 121 Å². The molecular weight excluding hydrogens is 338 g/mol. The van der Waals surface area contributed by atoms with E-state index >= 15 is 0 Å². The van der Waals surface area contributed by atoms with Gasteiger partial charge in [-0.05, 0) is 52.4 Å². The first-order valence-corrected chi connectivity index (χ1v) is 8.52. The van der Waals surface area contributed by atoms with E-state index < -0.39 is 10.0 Å². The molecule has 100 valence electrons. The molecule has 3 nitrogen and oxygen atoms in total. The number of hydrogen-bond acceptors (Lipinski definition) is 2. The summed E-state index contributed by atoms with van der Waals surface area (Å²) in [6.07, 6.45) is 2.26. The molecule has 1 saturated carbocycles. The average Bonchev–Trinajstić information content (AvgIpc) is 3.12. The molecule has 0 heterocycles. The van der Waals surface area contributed by atoms with Crippen molar-refractivity contribution in [2.75, 3.05) is 13.6 Å².